The maximum Gasteiger partial charge on any atom is 0.231 e. The van der Waals surface area contributed by atoms with Crippen LogP contribution >= 0.6 is 0 Å². The van der Waals surface area contributed by atoms with Gasteiger partial charge in [0, 0.05) is 32.2 Å². The van der Waals surface area contributed by atoms with Crippen LogP contribution in [0.3, 0.4) is 0 Å². The molecule has 0 radical (unpaired) electrons. The second kappa shape index (κ2) is 8.86. The number of carbonyl (C=O) groups excluding carboxylic acids is 1. The van der Waals surface area contributed by atoms with Crippen molar-refractivity contribution in [2.75, 3.05) is 39.5 Å². The molecule has 29 heavy (non-hydrogen) atoms. The molecule has 1 fully saturated rings. The molecular weight excluding hydrogens is 370 g/mol. The van der Waals surface area contributed by atoms with Crippen molar-refractivity contribution in [2.45, 2.75) is 33.1 Å². The van der Waals surface area contributed by atoms with Gasteiger partial charge in [-0.1, -0.05) is 18.1 Å². The van der Waals surface area contributed by atoms with Crippen LogP contribution in [-0.2, 0) is 17.6 Å². The van der Waals surface area contributed by atoms with Crippen LogP contribution in [0.4, 0.5) is 0 Å². The third kappa shape index (κ3) is 5.09. The molecule has 1 amide bonds. The molecule has 1 aromatic carbocycles. The van der Waals surface area contributed by atoms with Gasteiger partial charge < -0.3 is 23.8 Å². The van der Waals surface area contributed by atoms with Gasteiger partial charge in [-0.15, -0.1) is 0 Å². The topological polar surface area (TPSA) is 68.0 Å². The number of benzene rings is 1. The van der Waals surface area contributed by atoms with E-state index < -0.39 is 0 Å². The Labute approximate surface area is 171 Å². The lowest BCUT2D eigenvalue weighted by Crippen LogP contribution is -2.37. The van der Waals surface area contributed by atoms with Crippen LogP contribution in [0.25, 0.3) is 0 Å². The van der Waals surface area contributed by atoms with Crippen molar-refractivity contribution in [3.63, 3.8) is 0 Å². The first-order valence-electron chi connectivity index (χ1n) is 10.4. The molecule has 0 saturated carbocycles. The Kier molecular flexibility index (Phi) is 6.04. The van der Waals surface area contributed by atoms with Crippen molar-refractivity contribution in [3.05, 3.63) is 41.3 Å². The molecule has 156 valence electrons. The lowest BCUT2D eigenvalue weighted by molar-refractivity contribution is -0.130. The first-order valence-corrected chi connectivity index (χ1v) is 10.4. The fourth-order valence-corrected chi connectivity index (χ4v) is 4.14. The van der Waals surface area contributed by atoms with Gasteiger partial charge in [0.1, 0.15) is 5.76 Å². The summed E-state index contributed by atoms with van der Waals surface area (Å²) in [5.41, 5.74) is 2.09. The first kappa shape index (κ1) is 19.8. The molecule has 3 heterocycles. The van der Waals surface area contributed by atoms with E-state index in [9.17, 15) is 4.79 Å². The first-order chi connectivity index (χ1) is 14.1. The van der Waals surface area contributed by atoms with E-state index in [0.717, 1.165) is 62.8 Å². The summed E-state index contributed by atoms with van der Waals surface area (Å²) in [7, 11) is 0. The summed E-state index contributed by atoms with van der Waals surface area (Å²) in [5, 5.41) is 3.86. The summed E-state index contributed by atoms with van der Waals surface area (Å²) in [5.74, 6) is 2.97. The number of nitrogens with zero attached hydrogens (tertiary/aromatic N) is 3. The fourth-order valence-electron chi connectivity index (χ4n) is 4.14. The van der Waals surface area contributed by atoms with Crippen LogP contribution < -0.4 is 9.47 Å². The van der Waals surface area contributed by atoms with Gasteiger partial charge in [-0.2, -0.15) is 0 Å². The molecule has 2 aliphatic heterocycles. The lowest BCUT2D eigenvalue weighted by Gasteiger charge is -2.24. The molecule has 4 rings (SSSR count). The molecule has 7 heteroatoms. The summed E-state index contributed by atoms with van der Waals surface area (Å²) in [6, 6.07) is 8.04. The molecule has 0 N–H and O–H groups in total. The lowest BCUT2D eigenvalue weighted by atomic mass is 10.00. The van der Waals surface area contributed by atoms with Gasteiger partial charge in [-0.3, -0.25) is 4.79 Å². The van der Waals surface area contributed by atoms with Crippen molar-refractivity contribution in [1.29, 1.82) is 0 Å². The Morgan fingerprint density at radius 3 is 2.83 bits per heavy atom. The summed E-state index contributed by atoms with van der Waals surface area (Å²) in [6.45, 7) is 8.99. The van der Waals surface area contributed by atoms with E-state index in [1.807, 2.05) is 24.0 Å². The molecule has 2 aromatic rings. The number of aromatic nitrogens is 1. The van der Waals surface area contributed by atoms with Crippen LogP contribution in [0.15, 0.2) is 28.8 Å². The highest BCUT2D eigenvalue weighted by Gasteiger charge is 2.22. The van der Waals surface area contributed by atoms with E-state index in [2.05, 4.69) is 29.1 Å². The predicted molar refractivity (Wildman–Crippen MR) is 108 cm³/mol. The van der Waals surface area contributed by atoms with E-state index in [1.165, 1.54) is 5.56 Å². The molecule has 0 bridgehead atoms. The Hall–Kier alpha value is -2.54. The van der Waals surface area contributed by atoms with Gasteiger partial charge in [-0.25, -0.2) is 0 Å². The average Bonchev–Trinajstić information content (AvgIpc) is 3.25. The number of fused-ring (bicyclic) bond motifs is 1. The molecule has 0 aliphatic carbocycles. The van der Waals surface area contributed by atoms with Crippen LogP contribution in [0.2, 0.25) is 0 Å². The molecule has 2 aliphatic rings. The maximum absolute atomic E-state index is 12.6. The van der Waals surface area contributed by atoms with Gasteiger partial charge in [0.25, 0.3) is 0 Å². The van der Waals surface area contributed by atoms with Gasteiger partial charge in [-0.05, 0) is 49.9 Å². The highest BCUT2D eigenvalue weighted by molar-refractivity contribution is 5.78. The molecule has 7 nitrogen and oxygen atoms in total. The maximum atomic E-state index is 12.6. The Morgan fingerprint density at radius 1 is 1.14 bits per heavy atom. The summed E-state index contributed by atoms with van der Waals surface area (Å²) in [6.07, 6.45) is 2.29. The van der Waals surface area contributed by atoms with Crippen LogP contribution in [0.5, 0.6) is 11.5 Å². The normalized spacial score (nSPS) is 17.9. The Balaban J connectivity index is 1.25. The molecular formula is C22H29N3O4. The van der Waals surface area contributed by atoms with Crippen molar-refractivity contribution in [1.82, 2.24) is 15.0 Å². The van der Waals surface area contributed by atoms with Crippen molar-refractivity contribution in [2.24, 2.45) is 5.92 Å². The predicted octanol–water partition coefficient (Wildman–Crippen LogP) is 2.67. The number of amides is 1. The van der Waals surface area contributed by atoms with E-state index >= 15 is 0 Å². The summed E-state index contributed by atoms with van der Waals surface area (Å²) in [4.78, 5) is 17.0. The zero-order valence-electron chi connectivity index (χ0n) is 17.2. The standard InChI is InChI=1S/C22H29N3O4/c1-16(10-18-4-5-20-21(12-18)28-15-27-20)14-24-6-3-7-25(9-8-24)22(26)13-19-11-17(2)23-29-19/h4-5,11-12,16H,3,6-10,13-15H2,1-2H3. The van der Waals surface area contributed by atoms with Crippen LogP contribution in [0.1, 0.15) is 30.4 Å². The second-order valence-corrected chi connectivity index (χ2v) is 8.14. The minimum atomic E-state index is 0.122. The molecule has 1 aromatic heterocycles. The smallest absolute Gasteiger partial charge is 0.231 e. The number of hydrogen-bond donors (Lipinski definition) is 0. The third-order valence-corrected chi connectivity index (χ3v) is 5.53. The highest BCUT2D eigenvalue weighted by atomic mass is 16.7. The average molecular weight is 399 g/mol. The minimum absolute atomic E-state index is 0.122. The number of rotatable bonds is 6. The van der Waals surface area contributed by atoms with E-state index in [4.69, 9.17) is 14.0 Å². The van der Waals surface area contributed by atoms with Gasteiger partial charge in [0.15, 0.2) is 11.5 Å². The van der Waals surface area contributed by atoms with Crippen molar-refractivity contribution in [3.8, 4) is 11.5 Å². The van der Waals surface area contributed by atoms with Gasteiger partial charge in [0.2, 0.25) is 12.7 Å². The Morgan fingerprint density at radius 2 is 2.00 bits per heavy atom. The fraction of sp³-hybridized carbons (Fsp3) is 0.545. The van der Waals surface area contributed by atoms with Crippen LogP contribution in [0, 0.1) is 12.8 Å². The van der Waals surface area contributed by atoms with Crippen molar-refractivity contribution >= 4 is 5.91 Å². The van der Waals surface area contributed by atoms with E-state index in [-0.39, 0.29) is 5.91 Å². The Bertz CT molecular complexity index is 850. The minimum Gasteiger partial charge on any atom is -0.454 e. The monoisotopic (exact) mass is 399 g/mol. The largest absolute Gasteiger partial charge is 0.454 e. The number of aryl methyl sites for hydroxylation is 1. The van der Waals surface area contributed by atoms with Gasteiger partial charge >= 0.3 is 0 Å². The summed E-state index contributed by atoms with van der Waals surface area (Å²) < 4.78 is 16.1. The van der Waals surface area contributed by atoms with E-state index in [0.29, 0.717) is 24.9 Å². The van der Waals surface area contributed by atoms with Crippen LogP contribution in [-0.4, -0.2) is 60.4 Å². The molecule has 1 unspecified atom stereocenters. The molecule has 0 spiro atoms. The van der Waals surface area contributed by atoms with Gasteiger partial charge in [0.05, 0.1) is 12.1 Å². The number of hydrogen-bond acceptors (Lipinski definition) is 6. The zero-order chi connectivity index (χ0) is 20.2. The second-order valence-electron chi connectivity index (χ2n) is 8.14. The number of carbonyl (C=O) groups is 1. The SMILES string of the molecule is Cc1cc(CC(=O)N2CCCN(CC(C)Cc3ccc4c(c3)OCO4)CC2)on1. The molecule has 1 atom stereocenters. The zero-order valence-corrected chi connectivity index (χ0v) is 17.2. The third-order valence-electron chi connectivity index (χ3n) is 5.53. The molecule has 1 saturated heterocycles. The van der Waals surface area contributed by atoms with E-state index in [1.54, 1.807) is 0 Å². The highest BCUT2D eigenvalue weighted by Crippen LogP contribution is 2.33. The quantitative estimate of drug-likeness (QED) is 0.744. The summed E-state index contributed by atoms with van der Waals surface area (Å²) >= 11 is 0. The number of ether oxygens (including phenoxy) is 2. The van der Waals surface area contributed by atoms with Crippen molar-refractivity contribution < 1.29 is 18.8 Å².